The molecule has 0 bridgehead atoms. The smallest absolute Gasteiger partial charge is 0.291 e. The predicted octanol–water partition coefficient (Wildman–Crippen LogP) is -2.46. The largest absolute Gasteiger partial charge is 0.396 e. The van der Waals surface area contributed by atoms with Crippen LogP contribution in [-0.2, 0) is 0 Å². The lowest BCUT2D eigenvalue weighted by Gasteiger charge is -2.02. The van der Waals surface area contributed by atoms with Crippen molar-refractivity contribution in [2.75, 3.05) is 19.8 Å². The van der Waals surface area contributed by atoms with E-state index in [1.165, 1.54) is 0 Å². The van der Waals surface area contributed by atoms with Gasteiger partial charge in [0.1, 0.15) is 0 Å². The van der Waals surface area contributed by atoms with E-state index in [1.54, 1.807) is 0 Å². The molecule has 15 heteroatoms. The minimum Gasteiger partial charge on any atom is -0.396 e. The van der Waals surface area contributed by atoms with Crippen LogP contribution in [0.3, 0.4) is 0 Å². The first kappa shape index (κ1) is 25.4. The Kier molecular flexibility index (Phi) is 27.8. The number of aliphatic hydroxyl groups is 3. The van der Waals surface area contributed by atoms with Crippen LogP contribution in [-0.4, -0.2) is 66.0 Å². The first-order valence-corrected chi connectivity index (χ1v) is 3.87. The molecular weight excluding hydrogens is 282 g/mol. The van der Waals surface area contributed by atoms with Gasteiger partial charge in [-0.25, -0.2) is 0 Å². The summed E-state index contributed by atoms with van der Waals surface area (Å²) in [4.78, 5) is 25.1. The molecule has 0 aromatic rings. The molecular formula is C4H13N3O12. The molecule has 0 saturated heterocycles. The van der Waals surface area contributed by atoms with Crippen LogP contribution >= 0.6 is 0 Å². The number of hydrogen-bond acceptors (Lipinski definition) is 9. The minimum absolute atomic E-state index is 0.146. The van der Waals surface area contributed by atoms with Crippen molar-refractivity contribution in [2.45, 2.75) is 0 Å². The van der Waals surface area contributed by atoms with Gasteiger partial charge in [0.25, 0.3) is 15.3 Å². The fraction of sp³-hybridized carbons (Fsp3) is 1.00. The van der Waals surface area contributed by atoms with Crippen LogP contribution in [0.4, 0.5) is 0 Å². The highest BCUT2D eigenvalue weighted by Crippen LogP contribution is 1.87. The molecule has 0 unspecified atom stereocenters. The summed E-state index contributed by atoms with van der Waals surface area (Å²) in [6, 6.07) is 0. The molecule has 0 aliphatic rings. The Balaban J connectivity index is -0.0000000825. The fourth-order valence-electron chi connectivity index (χ4n) is 0.173. The molecule has 0 spiro atoms. The van der Waals surface area contributed by atoms with E-state index in [9.17, 15) is 0 Å². The van der Waals surface area contributed by atoms with Crippen molar-refractivity contribution in [1.82, 2.24) is 0 Å². The molecule has 15 nitrogen and oxygen atoms in total. The molecule has 0 amide bonds. The van der Waals surface area contributed by atoms with Crippen molar-refractivity contribution in [1.29, 1.82) is 0 Å². The third-order valence-electron chi connectivity index (χ3n) is 0.775. The highest BCUT2D eigenvalue weighted by molar-refractivity contribution is 4.49. The maximum atomic E-state index is 8.36. The summed E-state index contributed by atoms with van der Waals surface area (Å²) in [6.45, 7) is -0.437. The van der Waals surface area contributed by atoms with E-state index in [0.717, 1.165) is 0 Å². The number of nitrogens with zero attached hydrogens (tertiary/aromatic N) is 3. The summed E-state index contributed by atoms with van der Waals surface area (Å²) in [5, 5.41) is 65.5. The van der Waals surface area contributed by atoms with Gasteiger partial charge in [-0.2, -0.15) is 0 Å². The molecule has 0 aliphatic carbocycles. The average molecular weight is 295 g/mol. The van der Waals surface area contributed by atoms with Crippen LogP contribution in [0.2, 0.25) is 0 Å². The van der Waals surface area contributed by atoms with Crippen LogP contribution in [0.25, 0.3) is 0 Å². The minimum atomic E-state index is -1.50. The predicted molar refractivity (Wildman–Crippen MR) is 51.1 cm³/mol. The van der Waals surface area contributed by atoms with Gasteiger partial charge in [-0.3, -0.25) is 0 Å². The molecule has 0 atom stereocenters. The van der Waals surface area contributed by atoms with Gasteiger partial charge in [-0.1, -0.05) is 0 Å². The molecule has 0 fully saturated rings. The Bertz CT molecular complexity index is 183. The van der Waals surface area contributed by atoms with Crippen molar-refractivity contribution in [3.8, 4) is 0 Å². The van der Waals surface area contributed by atoms with E-state index in [-0.39, 0.29) is 25.7 Å². The SMILES string of the molecule is O=[N+]([O-])O.O=[N+]([O-])O.O=[N+]([O-])O.OCC(CO)CO. The molecule has 0 radical (unpaired) electrons. The number of aliphatic hydroxyl groups excluding tert-OH is 3. The van der Waals surface area contributed by atoms with Gasteiger partial charge in [0.2, 0.25) is 0 Å². The highest BCUT2D eigenvalue weighted by Gasteiger charge is 2.00. The van der Waals surface area contributed by atoms with E-state index >= 15 is 0 Å². The molecule has 6 N–H and O–H groups in total. The maximum absolute atomic E-state index is 8.36. The Labute approximate surface area is 103 Å². The zero-order valence-electron chi connectivity index (χ0n) is 9.17. The Morgan fingerprint density at radius 2 is 0.789 bits per heavy atom. The van der Waals surface area contributed by atoms with Gasteiger partial charge >= 0.3 is 0 Å². The fourth-order valence-corrected chi connectivity index (χ4v) is 0.173. The Morgan fingerprint density at radius 1 is 0.684 bits per heavy atom. The molecule has 0 aromatic carbocycles. The number of hydrogen-bond donors (Lipinski definition) is 6. The van der Waals surface area contributed by atoms with Crippen molar-refractivity contribution < 1.29 is 46.2 Å². The summed E-state index contributed by atoms with van der Waals surface area (Å²) >= 11 is 0. The van der Waals surface area contributed by atoms with Crippen LogP contribution in [0.1, 0.15) is 0 Å². The van der Waals surface area contributed by atoms with E-state index in [2.05, 4.69) is 0 Å². The molecule has 0 aromatic heterocycles. The normalized spacial score (nSPS) is 7.58. The van der Waals surface area contributed by atoms with Crippen molar-refractivity contribution in [2.24, 2.45) is 5.92 Å². The average Bonchev–Trinajstić information content (AvgIpc) is 2.17. The first-order chi connectivity index (χ1) is 8.54. The van der Waals surface area contributed by atoms with Crippen molar-refractivity contribution in [3.63, 3.8) is 0 Å². The van der Waals surface area contributed by atoms with Crippen molar-refractivity contribution >= 4 is 0 Å². The van der Waals surface area contributed by atoms with E-state index in [4.69, 9.17) is 61.3 Å². The first-order valence-electron chi connectivity index (χ1n) is 3.87. The van der Waals surface area contributed by atoms with Gasteiger partial charge in [0, 0.05) is 5.92 Å². The molecule has 116 valence electrons. The van der Waals surface area contributed by atoms with E-state index in [1.807, 2.05) is 0 Å². The summed E-state index contributed by atoms with van der Waals surface area (Å²) in [5.74, 6) is -0.347. The molecule has 0 saturated carbocycles. The van der Waals surface area contributed by atoms with Crippen LogP contribution < -0.4 is 0 Å². The quantitative estimate of drug-likeness (QED) is 0.234. The van der Waals surface area contributed by atoms with Crippen LogP contribution in [0.5, 0.6) is 0 Å². The highest BCUT2D eigenvalue weighted by atomic mass is 16.9. The summed E-state index contributed by atoms with van der Waals surface area (Å²) in [6.07, 6.45) is 0. The van der Waals surface area contributed by atoms with Crippen LogP contribution in [0.15, 0.2) is 0 Å². The zero-order chi connectivity index (χ0) is 16.4. The Morgan fingerprint density at radius 3 is 0.789 bits per heavy atom. The lowest BCUT2D eigenvalue weighted by Crippen LogP contribution is -2.14. The summed E-state index contributed by atoms with van der Waals surface area (Å²) < 4.78 is 0. The second-order valence-electron chi connectivity index (χ2n) is 2.13. The lowest BCUT2D eigenvalue weighted by atomic mass is 10.2. The van der Waals surface area contributed by atoms with Gasteiger partial charge in [0.05, 0.1) is 19.8 Å². The zero-order valence-corrected chi connectivity index (χ0v) is 9.17. The molecule has 0 heterocycles. The number of rotatable bonds is 3. The molecule has 0 rings (SSSR count). The van der Waals surface area contributed by atoms with Gasteiger partial charge in [-0.05, 0) is 0 Å². The standard InChI is InChI=1S/C4H10O3.3HNO3/c5-1-4(2-6)3-7;3*2-1(3)4/h4-7H,1-3H2;3*(H,2,3,4). The van der Waals surface area contributed by atoms with Gasteiger partial charge < -0.3 is 30.9 Å². The third kappa shape index (κ3) is 232. The second-order valence-corrected chi connectivity index (χ2v) is 2.13. The van der Waals surface area contributed by atoms with E-state index in [0.29, 0.717) is 0 Å². The van der Waals surface area contributed by atoms with Gasteiger partial charge in [-0.15, -0.1) is 30.3 Å². The van der Waals surface area contributed by atoms with Crippen molar-refractivity contribution in [3.05, 3.63) is 30.3 Å². The van der Waals surface area contributed by atoms with Crippen LogP contribution in [0, 0.1) is 36.3 Å². The molecule has 0 aliphatic heterocycles. The Hall–Kier alpha value is -2.52. The third-order valence-corrected chi connectivity index (χ3v) is 0.775. The lowest BCUT2D eigenvalue weighted by molar-refractivity contribution is -0.742. The summed E-state index contributed by atoms with van der Waals surface area (Å²) in [5.41, 5.74) is 0. The second kappa shape index (κ2) is 20.8. The monoisotopic (exact) mass is 295 g/mol. The summed E-state index contributed by atoms with van der Waals surface area (Å²) in [7, 11) is 0. The maximum Gasteiger partial charge on any atom is 0.291 e. The topological polar surface area (TPSA) is 251 Å². The van der Waals surface area contributed by atoms with Gasteiger partial charge in [0.15, 0.2) is 0 Å². The van der Waals surface area contributed by atoms with E-state index < -0.39 is 15.3 Å². The molecule has 19 heavy (non-hydrogen) atoms.